The van der Waals surface area contributed by atoms with Crippen LogP contribution in [-0.2, 0) is 25.9 Å². The van der Waals surface area contributed by atoms with Gasteiger partial charge in [0.1, 0.15) is 17.9 Å². The van der Waals surface area contributed by atoms with Crippen LogP contribution in [0.15, 0.2) is 29.1 Å². The lowest BCUT2D eigenvalue weighted by Crippen LogP contribution is -3.06. The van der Waals surface area contributed by atoms with Crippen LogP contribution in [0, 0.1) is 5.92 Å². The lowest BCUT2D eigenvalue weighted by atomic mass is 9.89. The van der Waals surface area contributed by atoms with Gasteiger partial charge in [0.2, 0.25) is 0 Å². The molecule has 4 rings (SSSR count). The first-order chi connectivity index (χ1) is 12.5. The Morgan fingerprint density at radius 2 is 2.15 bits per heavy atom. The van der Waals surface area contributed by atoms with Crippen LogP contribution in [0.1, 0.15) is 35.2 Å². The quantitative estimate of drug-likeness (QED) is 0.721. The molecular formula is C20H23ClN3OS+. The van der Waals surface area contributed by atoms with Crippen LogP contribution >= 0.6 is 22.9 Å². The predicted octanol–water partition coefficient (Wildman–Crippen LogP) is 2.98. The molecule has 0 aliphatic heterocycles. The molecule has 0 bridgehead atoms. The van der Waals surface area contributed by atoms with Crippen molar-refractivity contribution in [1.82, 2.24) is 9.97 Å². The summed E-state index contributed by atoms with van der Waals surface area (Å²) in [4.78, 5) is 24.0. The second-order valence-corrected chi connectivity index (χ2v) is 8.94. The highest BCUT2D eigenvalue weighted by atomic mass is 35.5. The van der Waals surface area contributed by atoms with Gasteiger partial charge in [-0.3, -0.25) is 4.79 Å². The number of hydrogen-bond acceptors (Lipinski definition) is 3. The molecule has 2 heterocycles. The standard InChI is InChI=1S/C20H22ClN3OS/c1-12-7-8-14-16(9-12)26-20-18(14)19(25)22-17(23-20)11-24(2)10-13-5-3-4-6-15(13)21/h3-6,12H,7-11H2,1-2H3,(H,22,23,25)/p+1/t12-/m1/s1. The van der Waals surface area contributed by atoms with Crippen LogP contribution < -0.4 is 10.5 Å². The molecule has 0 saturated carbocycles. The monoisotopic (exact) mass is 388 g/mol. The first kappa shape index (κ1) is 17.7. The summed E-state index contributed by atoms with van der Waals surface area (Å²) in [5.74, 6) is 1.44. The molecule has 2 N–H and O–H groups in total. The molecule has 4 nitrogen and oxygen atoms in total. The Hall–Kier alpha value is -1.69. The van der Waals surface area contributed by atoms with Gasteiger partial charge in [0.15, 0.2) is 5.82 Å². The van der Waals surface area contributed by atoms with Gasteiger partial charge >= 0.3 is 0 Å². The van der Waals surface area contributed by atoms with Crippen LogP contribution in [0.25, 0.3) is 10.2 Å². The molecule has 136 valence electrons. The predicted molar refractivity (Wildman–Crippen MR) is 107 cm³/mol. The number of nitrogens with one attached hydrogen (secondary N) is 2. The minimum absolute atomic E-state index is 0.0163. The Kier molecular flexibility index (Phi) is 4.86. The largest absolute Gasteiger partial charge is 0.327 e. The van der Waals surface area contributed by atoms with Crippen molar-refractivity contribution in [3.05, 3.63) is 61.5 Å². The van der Waals surface area contributed by atoms with E-state index in [4.69, 9.17) is 16.6 Å². The van der Waals surface area contributed by atoms with E-state index >= 15 is 0 Å². The molecule has 0 fully saturated rings. The highest BCUT2D eigenvalue weighted by Crippen LogP contribution is 2.35. The van der Waals surface area contributed by atoms with Crippen molar-refractivity contribution in [3.8, 4) is 0 Å². The van der Waals surface area contributed by atoms with E-state index < -0.39 is 0 Å². The summed E-state index contributed by atoms with van der Waals surface area (Å²) in [5.41, 5.74) is 2.36. The highest BCUT2D eigenvalue weighted by Gasteiger charge is 2.23. The van der Waals surface area contributed by atoms with Crippen LogP contribution in [0.3, 0.4) is 0 Å². The van der Waals surface area contributed by atoms with Crippen molar-refractivity contribution in [2.75, 3.05) is 7.05 Å². The third kappa shape index (κ3) is 3.43. The Balaban J connectivity index is 1.59. The molecule has 26 heavy (non-hydrogen) atoms. The van der Waals surface area contributed by atoms with Gasteiger partial charge in [-0.2, -0.15) is 0 Å². The number of nitrogens with zero attached hydrogens (tertiary/aromatic N) is 1. The van der Waals surface area contributed by atoms with Crippen LogP contribution in [0.5, 0.6) is 0 Å². The molecule has 0 spiro atoms. The van der Waals surface area contributed by atoms with Gasteiger partial charge in [-0.15, -0.1) is 11.3 Å². The van der Waals surface area contributed by atoms with E-state index in [1.165, 1.54) is 15.3 Å². The van der Waals surface area contributed by atoms with Gasteiger partial charge < -0.3 is 9.88 Å². The maximum atomic E-state index is 12.7. The van der Waals surface area contributed by atoms with E-state index in [0.717, 1.165) is 52.4 Å². The van der Waals surface area contributed by atoms with Crippen LogP contribution in [-0.4, -0.2) is 17.0 Å². The number of thiophene rings is 1. The van der Waals surface area contributed by atoms with Gasteiger partial charge in [0.05, 0.1) is 12.4 Å². The number of aryl methyl sites for hydroxylation is 1. The maximum absolute atomic E-state index is 12.7. The number of halogens is 1. The fourth-order valence-electron chi connectivity index (χ4n) is 3.79. The van der Waals surface area contributed by atoms with E-state index in [-0.39, 0.29) is 5.56 Å². The van der Waals surface area contributed by atoms with Gasteiger partial charge in [-0.25, -0.2) is 4.98 Å². The lowest BCUT2D eigenvalue weighted by Gasteiger charge is -2.17. The highest BCUT2D eigenvalue weighted by molar-refractivity contribution is 7.18. The van der Waals surface area contributed by atoms with E-state index in [1.807, 2.05) is 24.3 Å². The van der Waals surface area contributed by atoms with Crippen molar-refractivity contribution in [3.63, 3.8) is 0 Å². The van der Waals surface area contributed by atoms with Crippen LogP contribution in [0.4, 0.5) is 0 Å². The van der Waals surface area contributed by atoms with Gasteiger partial charge in [-0.1, -0.05) is 36.7 Å². The van der Waals surface area contributed by atoms with Crippen molar-refractivity contribution >= 4 is 33.2 Å². The summed E-state index contributed by atoms with van der Waals surface area (Å²) in [6.45, 7) is 3.73. The number of aromatic amines is 1. The Bertz CT molecular complexity index is 1010. The van der Waals surface area contributed by atoms with Crippen molar-refractivity contribution < 1.29 is 4.90 Å². The summed E-state index contributed by atoms with van der Waals surface area (Å²) >= 11 is 7.96. The number of hydrogen-bond donors (Lipinski definition) is 2. The van der Waals surface area contributed by atoms with Crippen molar-refractivity contribution in [2.45, 2.75) is 39.3 Å². The molecule has 3 aromatic rings. The van der Waals surface area contributed by atoms with Gasteiger partial charge in [0.25, 0.3) is 5.56 Å². The van der Waals surface area contributed by atoms with Crippen LogP contribution in [0.2, 0.25) is 5.02 Å². The third-order valence-electron chi connectivity index (χ3n) is 5.13. The minimum atomic E-state index is 0.0163. The Labute approximate surface area is 161 Å². The molecule has 2 aromatic heterocycles. The molecule has 0 saturated heterocycles. The molecule has 2 atom stereocenters. The number of benzene rings is 1. The molecule has 0 radical (unpaired) electrons. The first-order valence-corrected chi connectivity index (χ1v) is 10.3. The fourth-order valence-corrected chi connectivity index (χ4v) is 5.40. The second-order valence-electron chi connectivity index (χ2n) is 7.45. The van der Waals surface area contributed by atoms with Crippen molar-refractivity contribution in [1.29, 1.82) is 0 Å². The summed E-state index contributed by atoms with van der Waals surface area (Å²) < 4.78 is 0. The molecule has 1 aromatic carbocycles. The Morgan fingerprint density at radius 1 is 1.35 bits per heavy atom. The Morgan fingerprint density at radius 3 is 2.96 bits per heavy atom. The molecule has 0 amide bonds. The molecule has 1 unspecified atom stereocenters. The van der Waals surface area contributed by atoms with E-state index in [0.29, 0.717) is 12.5 Å². The SMILES string of the molecule is C[C@@H]1CCc2c(sc3nc(C[NH+](C)Cc4ccccc4Cl)[nH]c(=O)c23)C1. The molecule has 6 heteroatoms. The maximum Gasteiger partial charge on any atom is 0.260 e. The van der Waals surface area contributed by atoms with E-state index in [1.54, 1.807) is 11.3 Å². The number of H-pyrrole nitrogens is 1. The number of aromatic nitrogens is 2. The smallest absolute Gasteiger partial charge is 0.260 e. The molecular weight excluding hydrogens is 366 g/mol. The molecule has 1 aliphatic rings. The van der Waals surface area contributed by atoms with Gasteiger partial charge in [-0.05, 0) is 36.8 Å². The zero-order valence-corrected chi connectivity index (χ0v) is 16.6. The summed E-state index contributed by atoms with van der Waals surface area (Å²) in [6, 6.07) is 7.89. The first-order valence-electron chi connectivity index (χ1n) is 9.09. The zero-order chi connectivity index (χ0) is 18.3. The third-order valence-corrected chi connectivity index (χ3v) is 6.65. The zero-order valence-electron chi connectivity index (χ0n) is 15.1. The number of fused-ring (bicyclic) bond motifs is 3. The average Bonchev–Trinajstić information content (AvgIpc) is 2.94. The lowest BCUT2D eigenvalue weighted by molar-refractivity contribution is -0.908. The topological polar surface area (TPSA) is 50.2 Å². The molecule has 1 aliphatic carbocycles. The minimum Gasteiger partial charge on any atom is -0.327 e. The number of rotatable bonds is 4. The summed E-state index contributed by atoms with van der Waals surface area (Å²) in [6.07, 6.45) is 3.23. The summed E-state index contributed by atoms with van der Waals surface area (Å²) in [5, 5.41) is 1.60. The van der Waals surface area contributed by atoms with E-state index in [9.17, 15) is 4.79 Å². The van der Waals surface area contributed by atoms with E-state index in [2.05, 4.69) is 19.0 Å². The number of quaternary nitrogens is 1. The fraction of sp³-hybridized carbons (Fsp3) is 0.400. The average molecular weight is 389 g/mol. The second kappa shape index (κ2) is 7.14. The normalized spacial score (nSPS) is 18.0. The summed E-state index contributed by atoms with van der Waals surface area (Å²) in [7, 11) is 2.09. The van der Waals surface area contributed by atoms with Crippen molar-refractivity contribution in [2.24, 2.45) is 5.92 Å². The van der Waals surface area contributed by atoms with Gasteiger partial charge in [0, 0.05) is 15.5 Å².